The van der Waals surface area contributed by atoms with Crippen molar-refractivity contribution in [3.8, 4) is 0 Å². The van der Waals surface area contributed by atoms with E-state index in [2.05, 4.69) is 41.0 Å². The van der Waals surface area contributed by atoms with Crippen molar-refractivity contribution in [2.24, 2.45) is 0 Å². The summed E-state index contributed by atoms with van der Waals surface area (Å²) >= 11 is 0. The van der Waals surface area contributed by atoms with Gasteiger partial charge in [-0.05, 0) is 36.2 Å². The molecule has 4 rings (SSSR count). The molecule has 1 heterocycles. The zero-order valence-electron chi connectivity index (χ0n) is 16.0. The minimum absolute atomic E-state index is 0.0865. The summed E-state index contributed by atoms with van der Waals surface area (Å²) in [5, 5.41) is 0. The summed E-state index contributed by atoms with van der Waals surface area (Å²) < 4.78 is 28.2. The predicted octanol–water partition coefficient (Wildman–Crippen LogP) is 5.29. The fourth-order valence-electron chi connectivity index (χ4n) is 3.93. The Hall–Kier alpha value is -2.56. The van der Waals surface area contributed by atoms with Gasteiger partial charge in [0.05, 0.1) is 6.17 Å². The van der Waals surface area contributed by atoms with Crippen LogP contribution in [-0.4, -0.2) is 22.9 Å². The first kappa shape index (κ1) is 18.8. The van der Waals surface area contributed by atoms with E-state index < -0.39 is 0 Å². The normalized spacial score (nSPS) is 17.9. The summed E-state index contributed by atoms with van der Waals surface area (Å²) in [6.45, 7) is 5.00. The highest BCUT2D eigenvalue weighted by molar-refractivity contribution is 5.25. The maximum Gasteiger partial charge on any atom is 0.127 e. The molecule has 28 heavy (non-hydrogen) atoms. The molecular formula is C24H24F2N2. The average Bonchev–Trinajstić information content (AvgIpc) is 3.07. The van der Waals surface area contributed by atoms with E-state index in [-0.39, 0.29) is 17.8 Å². The fraction of sp³-hybridized carbons (Fsp3) is 0.250. The molecule has 0 radical (unpaired) electrons. The van der Waals surface area contributed by atoms with Gasteiger partial charge >= 0.3 is 0 Å². The molecule has 0 aromatic heterocycles. The van der Waals surface area contributed by atoms with Crippen LogP contribution in [0.4, 0.5) is 8.78 Å². The molecule has 1 aliphatic rings. The van der Waals surface area contributed by atoms with Gasteiger partial charge in [-0.25, -0.2) is 8.78 Å². The number of rotatable bonds is 5. The first-order valence-electron chi connectivity index (χ1n) is 9.63. The van der Waals surface area contributed by atoms with Crippen molar-refractivity contribution in [3.63, 3.8) is 0 Å². The molecule has 1 saturated heterocycles. The summed E-state index contributed by atoms with van der Waals surface area (Å²) in [4.78, 5) is 4.56. The topological polar surface area (TPSA) is 6.48 Å². The minimum atomic E-state index is -0.245. The maximum absolute atomic E-state index is 14.2. The highest BCUT2D eigenvalue weighted by Crippen LogP contribution is 2.33. The lowest BCUT2D eigenvalue weighted by Gasteiger charge is -2.31. The van der Waals surface area contributed by atoms with Gasteiger partial charge in [0.2, 0.25) is 0 Å². The Morgan fingerprint density at radius 2 is 1.54 bits per heavy atom. The molecule has 0 spiro atoms. The van der Waals surface area contributed by atoms with E-state index in [4.69, 9.17) is 0 Å². The van der Waals surface area contributed by atoms with Gasteiger partial charge in [0.1, 0.15) is 11.6 Å². The standard InChI is InChI=1S/C24H24F2N2/c1-18-9-11-19(12-10-18)16-27-13-14-28(17-21-5-2-3-8-23(21)26)24(27)20-6-4-7-22(25)15-20/h2-12,15,24H,13-14,16-17H2,1H3/t24-/m0/s1. The lowest BCUT2D eigenvalue weighted by atomic mass is 10.1. The van der Waals surface area contributed by atoms with Crippen LogP contribution in [0.3, 0.4) is 0 Å². The van der Waals surface area contributed by atoms with Crippen LogP contribution >= 0.6 is 0 Å². The zero-order valence-corrected chi connectivity index (χ0v) is 16.0. The monoisotopic (exact) mass is 378 g/mol. The van der Waals surface area contributed by atoms with Crippen LogP contribution in [0.2, 0.25) is 0 Å². The van der Waals surface area contributed by atoms with E-state index in [1.54, 1.807) is 18.2 Å². The van der Waals surface area contributed by atoms with E-state index in [9.17, 15) is 8.78 Å². The van der Waals surface area contributed by atoms with Crippen molar-refractivity contribution in [1.29, 1.82) is 0 Å². The Balaban J connectivity index is 1.62. The van der Waals surface area contributed by atoms with Gasteiger partial charge in [-0.2, -0.15) is 0 Å². The number of hydrogen-bond acceptors (Lipinski definition) is 2. The molecule has 1 aliphatic heterocycles. The van der Waals surface area contributed by atoms with E-state index >= 15 is 0 Å². The van der Waals surface area contributed by atoms with Crippen LogP contribution < -0.4 is 0 Å². The van der Waals surface area contributed by atoms with Crippen LogP contribution in [-0.2, 0) is 13.1 Å². The van der Waals surface area contributed by atoms with Gasteiger partial charge in [-0.1, -0.05) is 60.2 Å². The van der Waals surface area contributed by atoms with Crippen LogP contribution in [0.5, 0.6) is 0 Å². The molecule has 0 unspecified atom stereocenters. The van der Waals surface area contributed by atoms with Gasteiger partial charge in [-0.15, -0.1) is 0 Å². The summed E-state index contributed by atoms with van der Waals surface area (Å²) in [7, 11) is 0. The summed E-state index contributed by atoms with van der Waals surface area (Å²) in [6.07, 6.45) is -0.0865. The third kappa shape index (κ3) is 4.13. The van der Waals surface area contributed by atoms with Crippen molar-refractivity contribution in [2.45, 2.75) is 26.2 Å². The molecule has 0 bridgehead atoms. The lowest BCUT2D eigenvalue weighted by molar-refractivity contribution is 0.124. The molecule has 3 aromatic rings. The van der Waals surface area contributed by atoms with E-state index in [1.165, 1.54) is 23.3 Å². The second kappa shape index (κ2) is 8.21. The molecule has 1 atom stereocenters. The minimum Gasteiger partial charge on any atom is -0.278 e. The van der Waals surface area contributed by atoms with Crippen LogP contribution in [0.25, 0.3) is 0 Å². The van der Waals surface area contributed by atoms with E-state index in [0.29, 0.717) is 12.1 Å². The van der Waals surface area contributed by atoms with Crippen molar-refractivity contribution in [2.75, 3.05) is 13.1 Å². The van der Waals surface area contributed by atoms with Gasteiger partial charge in [0.15, 0.2) is 0 Å². The number of nitrogens with zero attached hydrogens (tertiary/aromatic N) is 2. The highest BCUT2D eigenvalue weighted by atomic mass is 19.1. The number of aryl methyl sites for hydroxylation is 1. The van der Waals surface area contributed by atoms with Crippen molar-refractivity contribution in [1.82, 2.24) is 9.80 Å². The van der Waals surface area contributed by atoms with Crippen LogP contribution in [0, 0.1) is 18.6 Å². The summed E-state index contributed by atoms with van der Waals surface area (Å²) in [5.41, 5.74) is 4.02. The van der Waals surface area contributed by atoms with Gasteiger partial charge in [-0.3, -0.25) is 9.80 Å². The maximum atomic E-state index is 14.2. The largest absolute Gasteiger partial charge is 0.278 e. The van der Waals surface area contributed by atoms with Crippen molar-refractivity contribution in [3.05, 3.63) is 107 Å². The first-order valence-corrected chi connectivity index (χ1v) is 9.63. The number of halogens is 2. The molecule has 0 amide bonds. The molecule has 2 nitrogen and oxygen atoms in total. The second-order valence-corrected chi connectivity index (χ2v) is 7.45. The molecule has 0 saturated carbocycles. The average molecular weight is 378 g/mol. The number of benzene rings is 3. The van der Waals surface area contributed by atoms with Crippen LogP contribution in [0.1, 0.15) is 28.4 Å². The SMILES string of the molecule is Cc1ccc(CN2CCN(Cc3ccccc3F)[C@H]2c2cccc(F)c2)cc1. The molecular weight excluding hydrogens is 354 g/mol. The predicted molar refractivity (Wildman–Crippen MR) is 108 cm³/mol. The van der Waals surface area contributed by atoms with Gasteiger partial charge < -0.3 is 0 Å². The smallest absolute Gasteiger partial charge is 0.127 e. The molecule has 1 fully saturated rings. The molecule has 4 heteroatoms. The molecule has 144 valence electrons. The Morgan fingerprint density at radius 3 is 2.25 bits per heavy atom. The third-order valence-electron chi connectivity index (χ3n) is 5.35. The Bertz CT molecular complexity index is 939. The van der Waals surface area contributed by atoms with Gasteiger partial charge in [0.25, 0.3) is 0 Å². The Labute approximate surface area is 165 Å². The van der Waals surface area contributed by atoms with Crippen molar-refractivity contribution < 1.29 is 8.78 Å². The lowest BCUT2D eigenvalue weighted by Crippen LogP contribution is -2.30. The summed E-state index contributed by atoms with van der Waals surface area (Å²) in [5.74, 6) is -0.442. The molecule has 0 aliphatic carbocycles. The Morgan fingerprint density at radius 1 is 0.821 bits per heavy atom. The summed E-state index contributed by atoms with van der Waals surface area (Å²) in [6, 6.07) is 22.1. The zero-order chi connectivity index (χ0) is 19.5. The second-order valence-electron chi connectivity index (χ2n) is 7.45. The van der Waals surface area contributed by atoms with E-state index in [1.807, 2.05) is 18.2 Å². The van der Waals surface area contributed by atoms with E-state index in [0.717, 1.165) is 25.2 Å². The van der Waals surface area contributed by atoms with Crippen molar-refractivity contribution >= 4 is 0 Å². The van der Waals surface area contributed by atoms with Crippen LogP contribution in [0.15, 0.2) is 72.8 Å². The first-order chi connectivity index (χ1) is 13.6. The Kier molecular flexibility index (Phi) is 5.51. The molecule has 0 N–H and O–H groups in total. The number of hydrogen-bond donors (Lipinski definition) is 0. The van der Waals surface area contributed by atoms with Gasteiger partial charge in [0, 0.05) is 31.7 Å². The highest BCUT2D eigenvalue weighted by Gasteiger charge is 2.33. The third-order valence-corrected chi connectivity index (χ3v) is 5.35. The molecule has 3 aromatic carbocycles. The fourth-order valence-corrected chi connectivity index (χ4v) is 3.93. The quantitative estimate of drug-likeness (QED) is 0.595.